The number of aromatic nitrogens is 3. The molecule has 0 aliphatic carbocycles. The Morgan fingerprint density at radius 2 is 2.22 bits per heavy atom. The molecule has 0 bridgehead atoms. The molecule has 1 heterocycles. The molecule has 1 atom stereocenters. The highest BCUT2D eigenvalue weighted by molar-refractivity contribution is 7.99. The zero-order valence-electron chi connectivity index (χ0n) is 13.5. The Labute approximate surface area is 138 Å². The van der Waals surface area contributed by atoms with E-state index in [1.54, 1.807) is 7.11 Å². The molecule has 0 spiro atoms. The topological polar surface area (TPSA) is 118 Å². The lowest BCUT2D eigenvalue weighted by molar-refractivity contribution is -0.117. The van der Waals surface area contributed by atoms with Gasteiger partial charge in [-0.15, -0.1) is 5.10 Å². The fraction of sp³-hybridized carbons (Fsp3) is 0.692. The summed E-state index contributed by atoms with van der Waals surface area (Å²) in [5.74, 6) is -0.461. The Morgan fingerprint density at radius 1 is 1.48 bits per heavy atom. The van der Waals surface area contributed by atoms with Gasteiger partial charge < -0.3 is 10.1 Å². The standard InChI is InChI=1S/C13H23N5O4S/c1-4-9(2)14-11(20)15-10(19)8-23-13-17-16-12(21)18(13)6-5-7-22-3/h9H,4-8H2,1-3H3,(H,16,21)(H2,14,15,19,20)/t9-/m0/s1. The van der Waals surface area contributed by atoms with Crippen molar-refractivity contribution in [3.05, 3.63) is 10.5 Å². The number of imide groups is 1. The average Bonchev–Trinajstić information content (AvgIpc) is 2.86. The van der Waals surface area contributed by atoms with Crippen molar-refractivity contribution in [1.82, 2.24) is 25.4 Å². The highest BCUT2D eigenvalue weighted by Gasteiger charge is 2.13. The van der Waals surface area contributed by atoms with Crippen molar-refractivity contribution in [3.63, 3.8) is 0 Å². The number of hydrogen-bond acceptors (Lipinski definition) is 6. The Hall–Kier alpha value is -1.81. The van der Waals surface area contributed by atoms with Crippen LogP contribution in [0, 0.1) is 0 Å². The monoisotopic (exact) mass is 345 g/mol. The van der Waals surface area contributed by atoms with Gasteiger partial charge in [0.1, 0.15) is 0 Å². The van der Waals surface area contributed by atoms with Crippen LogP contribution in [0.5, 0.6) is 0 Å². The van der Waals surface area contributed by atoms with Gasteiger partial charge in [-0.1, -0.05) is 18.7 Å². The Balaban J connectivity index is 2.47. The minimum atomic E-state index is -0.524. The zero-order valence-corrected chi connectivity index (χ0v) is 14.4. The lowest BCUT2D eigenvalue weighted by Gasteiger charge is -2.11. The van der Waals surface area contributed by atoms with Gasteiger partial charge in [0.05, 0.1) is 5.75 Å². The van der Waals surface area contributed by atoms with Gasteiger partial charge in [0.15, 0.2) is 5.16 Å². The fourth-order valence-corrected chi connectivity index (χ4v) is 2.40. The molecular weight excluding hydrogens is 322 g/mol. The molecule has 130 valence electrons. The number of aromatic amines is 1. The largest absolute Gasteiger partial charge is 0.385 e. The van der Waals surface area contributed by atoms with Crippen LogP contribution in [0.25, 0.3) is 0 Å². The summed E-state index contributed by atoms with van der Waals surface area (Å²) in [7, 11) is 1.59. The van der Waals surface area contributed by atoms with Crippen LogP contribution in [0.2, 0.25) is 0 Å². The predicted octanol–water partition coefficient (Wildman–Crippen LogP) is 0.324. The molecular formula is C13H23N5O4S. The third kappa shape index (κ3) is 6.87. The van der Waals surface area contributed by atoms with Gasteiger partial charge in [-0.2, -0.15) is 0 Å². The summed E-state index contributed by atoms with van der Waals surface area (Å²) >= 11 is 1.09. The summed E-state index contributed by atoms with van der Waals surface area (Å²) < 4.78 is 6.38. The van der Waals surface area contributed by atoms with Crippen LogP contribution >= 0.6 is 11.8 Å². The average molecular weight is 345 g/mol. The van der Waals surface area contributed by atoms with E-state index in [0.717, 1.165) is 18.2 Å². The van der Waals surface area contributed by atoms with Crippen LogP contribution in [-0.4, -0.2) is 52.2 Å². The Kier molecular flexibility index (Phi) is 8.41. The smallest absolute Gasteiger partial charge is 0.343 e. The maximum absolute atomic E-state index is 11.7. The maximum Gasteiger partial charge on any atom is 0.343 e. The number of hydrogen-bond donors (Lipinski definition) is 3. The van der Waals surface area contributed by atoms with E-state index in [-0.39, 0.29) is 17.5 Å². The van der Waals surface area contributed by atoms with Gasteiger partial charge in [0.25, 0.3) is 0 Å². The summed E-state index contributed by atoms with van der Waals surface area (Å²) in [6.45, 7) is 4.75. The predicted molar refractivity (Wildman–Crippen MR) is 86.5 cm³/mol. The summed E-state index contributed by atoms with van der Waals surface area (Å²) in [6, 6.07) is -0.530. The van der Waals surface area contributed by atoms with E-state index in [1.165, 1.54) is 4.57 Å². The minimum Gasteiger partial charge on any atom is -0.385 e. The van der Waals surface area contributed by atoms with Crippen molar-refractivity contribution in [3.8, 4) is 0 Å². The third-order valence-electron chi connectivity index (χ3n) is 3.03. The maximum atomic E-state index is 11.7. The molecule has 0 unspecified atom stereocenters. The first-order valence-corrected chi connectivity index (χ1v) is 8.33. The highest BCUT2D eigenvalue weighted by atomic mass is 32.2. The molecule has 1 rings (SSSR count). The van der Waals surface area contributed by atoms with Crippen molar-refractivity contribution in [2.45, 2.75) is 44.4 Å². The highest BCUT2D eigenvalue weighted by Crippen LogP contribution is 2.12. The van der Waals surface area contributed by atoms with Crippen molar-refractivity contribution >= 4 is 23.7 Å². The first-order valence-electron chi connectivity index (χ1n) is 7.35. The van der Waals surface area contributed by atoms with Crippen LogP contribution in [0.15, 0.2) is 9.95 Å². The minimum absolute atomic E-state index is 0.00671. The number of carbonyl (C=O) groups excluding carboxylic acids is 2. The number of H-pyrrole nitrogens is 1. The number of nitrogens with one attached hydrogen (secondary N) is 3. The van der Waals surface area contributed by atoms with E-state index in [0.29, 0.717) is 24.7 Å². The van der Waals surface area contributed by atoms with Crippen LogP contribution < -0.4 is 16.3 Å². The molecule has 3 N–H and O–H groups in total. The van der Waals surface area contributed by atoms with Crippen LogP contribution in [0.3, 0.4) is 0 Å². The van der Waals surface area contributed by atoms with Crippen LogP contribution in [-0.2, 0) is 16.1 Å². The number of amides is 3. The molecule has 0 aliphatic rings. The van der Waals surface area contributed by atoms with E-state index >= 15 is 0 Å². The van der Waals surface area contributed by atoms with Gasteiger partial charge in [-0.3, -0.25) is 14.7 Å². The van der Waals surface area contributed by atoms with E-state index in [2.05, 4.69) is 20.8 Å². The van der Waals surface area contributed by atoms with Gasteiger partial charge >= 0.3 is 11.7 Å². The molecule has 1 aromatic heterocycles. The number of ether oxygens (including phenoxy) is 1. The number of methoxy groups -OCH3 is 1. The molecule has 0 aromatic carbocycles. The molecule has 10 heteroatoms. The second kappa shape index (κ2) is 10.1. The van der Waals surface area contributed by atoms with Crippen molar-refractivity contribution in [2.75, 3.05) is 19.5 Å². The zero-order chi connectivity index (χ0) is 17.2. The molecule has 0 aliphatic heterocycles. The molecule has 0 saturated heterocycles. The quantitative estimate of drug-likeness (QED) is 0.438. The van der Waals surface area contributed by atoms with Gasteiger partial charge in [0.2, 0.25) is 5.91 Å². The van der Waals surface area contributed by atoms with Crippen molar-refractivity contribution < 1.29 is 14.3 Å². The molecule has 3 amide bonds. The van der Waals surface area contributed by atoms with Gasteiger partial charge in [-0.05, 0) is 19.8 Å². The number of urea groups is 1. The number of nitrogens with zero attached hydrogens (tertiary/aromatic N) is 2. The molecule has 9 nitrogen and oxygen atoms in total. The van der Waals surface area contributed by atoms with E-state index in [9.17, 15) is 14.4 Å². The summed E-state index contributed by atoms with van der Waals surface area (Å²) in [5, 5.41) is 11.5. The molecule has 0 radical (unpaired) electrons. The third-order valence-corrected chi connectivity index (χ3v) is 4.01. The van der Waals surface area contributed by atoms with E-state index < -0.39 is 11.9 Å². The lowest BCUT2D eigenvalue weighted by Crippen LogP contribution is -2.43. The molecule has 0 saturated carbocycles. The summed E-state index contributed by atoms with van der Waals surface area (Å²) in [6.07, 6.45) is 1.43. The second-order valence-corrected chi connectivity index (χ2v) is 5.87. The van der Waals surface area contributed by atoms with E-state index in [1.807, 2.05) is 13.8 Å². The Morgan fingerprint density at radius 3 is 2.87 bits per heavy atom. The van der Waals surface area contributed by atoms with E-state index in [4.69, 9.17) is 4.74 Å². The number of rotatable bonds is 9. The normalized spacial score (nSPS) is 12.0. The number of carbonyl (C=O) groups is 2. The van der Waals surface area contributed by atoms with Crippen LogP contribution in [0.4, 0.5) is 4.79 Å². The molecule has 1 aromatic rings. The van der Waals surface area contributed by atoms with Crippen molar-refractivity contribution in [2.24, 2.45) is 0 Å². The van der Waals surface area contributed by atoms with Gasteiger partial charge in [0, 0.05) is 26.3 Å². The lowest BCUT2D eigenvalue weighted by atomic mass is 10.3. The summed E-state index contributed by atoms with van der Waals surface area (Å²) in [4.78, 5) is 34.9. The number of thioether (sulfide) groups is 1. The Bertz CT molecular complexity index is 571. The fourth-order valence-electron chi connectivity index (χ4n) is 1.63. The van der Waals surface area contributed by atoms with Crippen LogP contribution in [0.1, 0.15) is 26.7 Å². The second-order valence-electron chi connectivity index (χ2n) is 4.93. The molecule has 0 fully saturated rings. The summed E-state index contributed by atoms with van der Waals surface area (Å²) in [5.41, 5.74) is -0.335. The first-order chi connectivity index (χ1) is 11.0. The van der Waals surface area contributed by atoms with Gasteiger partial charge in [-0.25, -0.2) is 14.7 Å². The van der Waals surface area contributed by atoms with Crippen molar-refractivity contribution in [1.29, 1.82) is 0 Å². The molecule has 23 heavy (non-hydrogen) atoms. The first kappa shape index (κ1) is 19.2. The SMILES string of the molecule is CC[C@H](C)NC(=O)NC(=O)CSc1n[nH]c(=O)n1CCCOC.